The van der Waals surface area contributed by atoms with Crippen molar-refractivity contribution in [2.75, 3.05) is 0 Å². The smallest absolute Gasteiger partial charge is 0.294 e. The number of carbonyl (C=O) groups excluding carboxylic acids is 1. The molecule has 0 aliphatic rings. The second-order valence-corrected chi connectivity index (χ2v) is 5.12. The molecule has 6 nitrogen and oxygen atoms in total. The normalized spacial score (nSPS) is 11.6. The predicted octanol–water partition coefficient (Wildman–Crippen LogP) is 1.33. The van der Waals surface area contributed by atoms with Crippen LogP contribution in [-0.2, 0) is 15.2 Å². The van der Waals surface area contributed by atoms with Crippen LogP contribution in [0, 0.1) is 0 Å². The lowest BCUT2D eigenvalue weighted by Crippen LogP contribution is -2.10. The molecule has 0 fully saturated rings. The van der Waals surface area contributed by atoms with Crippen molar-refractivity contribution in [1.82, 2.24) is 0 Å². The highest BCUT2D eigenvalue weighted by molar-refractivity contribution is 7.85. The maximum atomic E-state index is 11.5. The molecule has 2 rings (SSSR count). The average molecular weight is 266 g/mol. The van der Waals surface area contributed by atoms with Crippen LogP contribution in [0.5, 0.6) is 5.75 Å². The molecule has 93 valence electrons. The summed E-state index contributed by atoms with van der Waals surface area (Å²) in [5, 5.41) is 12.3. The minimum atomic E-state index is -4.33. The average Bonchev–Trinajstić information content (AvgIpc) is 2.25. The van der Waals surface area contributed by atoms with Crippen LogP contribution in [0.2, 0.25) is 0 Å². The second-order valence-electron chi connectivity index (χ2n) is 3.70. The van der Waals surface area contributed by atoms with E-state index in [0.29, 0.717) is 10.8 Å². The SMILES string of the molecule is NC(=O)c1cc2cc(S(=O)(=O)O)ccc2cc1[O]. The van der Waals surface area contributed by atoms with Crippen molar-refractivity contribution in [3.8, 4) is 5.75 Å². The summed E-state index contributed by atoms with van der Waals surface area (Å²) in [5.41, 5.74) is 4.80. The lowest BCUT2D eigenvalue weighted by molar-refractivity contribution is 0.0996. The molecule has 18 heavy (non-hydrogen) atoms. The van der Waals surface area contributed by atoms with Crippen molar-refractivity contribution in [3.05, 3.63) is 35.9 Å². The number of carbonyl (C=O) groups is 1. The summed E-state index contributed by atoms with van der Waals surface area (Å²) >= 11 is 0. The molecule has 0 atom stereocenters. The highest BCUT2D eigenvalue weighted by atomic mass is 32.2. The van der Waals surface area contributed by atoms with Gasteiger partial charge in [-0.1, -0.05) is 6.07 Å². The Bertz CT molecular complexity index is 751. The zero-order chi connectivity index (χ0) is 13.5. The van der Waals surface area contributed by atoms with Crippen LogP contribution in [0.3, 0.4) is 0 Å². The molecule has 0 heterocycles. The Labute approximate surface area is 102 Å². The second kappa shape index (κ2) is 3.97. The van der Waals surface area contributed by atoms with Crippen LogP contribution in [0.1, 0.15) is 10.4 Å². The van der Waals surface area contributed by atoms with E-state index in [2.05, 4.69) is 0 Å². The van der Waals surface area contributed by atoms with Gasteiger partial charge in [0.15, 0.2) is 5.75 Å². The van der Waals surface area contributed by atoms with Crippen LogP contribution in [-0.4, -0.2) is 18.9 Å². The Kier molecular flexibility index (Phi) is 2.72. The van der Waals surface area contributed by atoms with Gasteiger partial charge in [0, 0.05) is 0 Å². The maximum absolute atomic E-state index is 11.5. The number of rotatable bonds is 2. The summed E-state index contributed by atoms with van der Waals surface area (Å²) in [6, 6.07) is 6.08. The molecule has 0 bridgehead atoms. The Hall–Kier alpha value is -2.12. The van der Waals surface area contributed by atoms with Crippen molar-refractivity contribution >= 4 is 26.8 Å². The van der Waals surface area contributed by atoms with E-state index in [1.807, 2.05) is 0 Å². The Morgan fingerprint density at radius 2 is 1.78 bits per heavy atom. The molecule has 1 radical (unpaired) electrons. The van der Waals surface area contributed by atoms with Crippen molar-refractivity contribution in [3.63, 3.8) is 0 Å². The molecule has 2 aromatic rings. The zero-order valence-electron chi connectivity index (χ0n) is 8.95. The topological polar surface area (TPSA) is 117 Å². The first-order valence-corrected chi connectivity index (χ1v) is 6.25. The van der Waals surface area contributed by atoms with Crippen molar-refractivity contribution in [1.29, 1.82) is 0 Å². The third-order valence-corrected chi connectivity index (χ3v) is 3.32. The lowest BCUT2D eigenvalue weighted by Gasteiger charge is -2.04. The molecule has 0 spiro atoms. The van der Waals surface area contributed by atoms with E-state index < -0.39 is 21.8 Å². The quantitative estimate of drug-likeness (QED) is 0.797. The molecule has 0 aliphatic carbocycles. The molecule has 7 heteroatoms. The van der Waals surface area contributed by atoms with Crippen LogP contribution >= 0.6 is 0 Å². The van der Waals surface area contributed by atoms with Gasteiger partial charge in [0.2, 0.25) is 0 Å². The summed E-state index contributed by atoms with van der Waals surface area (Å²) in [6.07, 6.45) is 0. The number of fused-ring (bicyclic) bond motifs is 1. The van der Waals surface area contributed by atoms with E-state index >= 15 is 0 Å². The number of amides is 1. The van der Waals surface area contributed by atoms with E-state index in [-0.39, 0.29) is 10.5 Å². The highest BCUT2D eigenvalue weighted by Crippen LogP contribution is 2.27. The predicted molar refractivity (Wildman–Crippen MR) is 62.4 cm³/mol. The minimum Gasteiger partial charge on any atom is -0.365 e. The molecule has 1 amide bonds. The van der Waals surface area contributed by atoms with Crippen LogP contribution in [0.15, 0.2) is 35.2 Å². The Balaban J connectivity index is 2.77. The molecular formula is C11H8NO5S. The fourth-order valence-electron chi connectivity index (χ4n) is 1.61. The fourth-order valence-corrected chi connectivity index (χ4v) is 2.12. The molecule has 0 saturated heterocycles. The molecule has 0 aromatic heterocycles. The first kappa shape index (κ1) is 12.3. The number of hydrogen-bond acceptors (Lipinski definition) is 3. The van der Waals surface area contributed by atoms with Crippen LogP contribution in [0.25, 0.3) is 10.8 Å². The number of hydrogen-bond donors (Lipinski definition) is 2. The summed E-state index contributed by atoms with van der Waals surface area (Å²) in [6.45, 7) is 0. The highest BCUT2D eigenvalue weighted by Gasteiger charge is 2.14. The Morgan fingerprint density at radius 3 is 2.33 bits per heavy atom. The van der Waals surface area contributed by atoms with Gasteiger partial charge in [0.25, 0.3) is 16.0 Å². The van der Waals surface area contributed by atoms with Gasteiger partial charge in [-0.3, -0.25) is 14.5 Å². The minimum absolute atomic E-state index is 0.227. The summed E-state index contributed by atoms with van der Waals surface area (Å²) in [4.78, 5) is 10.7. The van der Waals surface area contributed by atoms with Crippen LogP contribution in [0.4, 0.5) is 0 Å². The molecule has 0 unspecified atom stereocenters. The van der Waals surface area contributed by atoms with E-state index in [9.17, 15) is 18.3 Å². The number of nitrogens with two attached hydrogens (primary N) is 1. The molecule has 0 saturated carbocycles. The van der Waals surface area contributed by atoms with E-state index in [1.54, 1.807) is 0 Å². The summed E-state index contributed by atoms with van der Waals surface area (Å²) in [5.74, 6) is -1.42. The first-order valence-electron chi connectivity index (χ1n) is 4.81. The summed E-state index contributed by atoms with van der Waals surface area (Å²) < 4.78 is 30.8. The first-order chi connectivity index (χ1) is 8.29. The molecule has 3 N–H and O–H groups in total. The zero-order valence-corrected chi connectivity index (χ0v) is 9.77. The van der Waals surface area contributed by atoms with Gasteiger partial charge >= 0.3 is 0 Å². The van der Waals surface area contributed by atoms with Gasteiger partial charge in [-0.05, 0) is 35.0 Å². The Morgan fingerprint density at radius 1 is 1.11 bits per heavy atom. The van der Waals surface area contributed by atoms with Gasteiger partial charge in [0.05, 0.1) is 10.5 Å². The van der Waals surface area contributed by atoms with Crippen LogP contribution < -0.4 is 5.73 Å². The molecule has 2 aromatic carbocycles. The van der Waals surface area contributed by atoms with E-state index in [4.69, 9.17) is 10.3 Å². The van der Waals surface area contributed by atoms with Crippen molar-refractivity contribution < 1.29 is 22.9 Å². The van der Waals surface area contributed by atoms with Gasteiger partial charge in [-0.15, -0.1) is 0 Å². The van der Waals surface area contributed by atoms with Gasteiger partial charge in [-0.2, -0.15) is 8.42 Å². The molecular weight excluding hydrogens is 258 g/mol. The van der Waals surface area contributed by atoms with Crippen molar-refractivity contribution in [2.24, 2.45) is 5.73 Å². The van der Waals surface area contributed by atoms with E-state index in [0.717, 1.165) is 6.07 Å². The maximum Gasteiger partial charge on any atom is 0.294 e. The largest absolute Gasteiger partial charge is 0.365 e. The number of primary amides is 1. The number of benzene rings is 2. The van der Waals surface area contributed by atoms with Gasteiger partial charge < -0.3 is 5.73 Å². The molecule has 0 aliphatic heterocycles. The third-order valence-electron chi connectivity index (χ3n) is 2.47. The fraction of sp³-hybridized carbons (Fsp3) is 0. The van der Waals surface area contributed by atoms with E-state index in [1.165, 1.54) is 24.3 Å². The lowest BCUT2D eigenvalue weighted by atomic mass is 10.1. The van der Waals surface area contributed by atoms with Gasteiger partial charge in [-0.25, -0.2) is 0 Å². The van der Waals surface area contributed by atoms with Crippen molar-refractivity contribution in [2.45, 2.75) is 4.90 Å². The van der Waals surface area contributed by atoms with Gasteiger partial charge in [0.1, 0.15) is 0 Å². The standard InChI is InChI=1S/C11H8NO5S/c12-11(14)9-4-7-3-8(18(15,16)17)2-1-6(7)5-10(9)13/h1-5H,(H2,12,14)(H,15,16,17). The monoisotopic (exact) mass is 266 g/mol. The third kappa shape index (κ3) is 2.13. The summed E-state index contributed by atoms with van der Waals surface area (Å²) in [7, 11) is -4.33.